The van der Waals surface area contributed by atoms with Gasteiger partial charge in [-0.05, 0) is 19.3 Å². The minimum Gasteiger partial charge on any atom is -0.394 e. The fourth-order valence-electron chi connectivity index (χ4n) is 1.94. The summed E-state index contributed by atoms with van der Waals surface area (Å²) in [6.07, 6.45) is 9.57. The molecule has 0 aromatic heterocycles. The molecule has 19 heavy (non-hydrogen) atoms. The molecule has 0 aliphatic rings. The minimum atomic E-state index is -0.834. The second kappa shape index (κ2) is 12.2. The van der Waals surface area contributed by atoms with Gasteiger partial charge in [0.1, 0.15) is 0 Å². The van der Waals surface area contributed by atoms with E-state index in [0.717, 1.165) is 19.3 Å². The molecule has 112 valence electrons. The molecule has 1 unspecified atom stereocenters. The maximum atomic E-state index is 11.7. The number of aliphatic hydroxyl groups is 2. The van der Waals surface area contributed by atoms with Crippen LogP contribution in [0.2, 0.25) is 0 Å². The van der Waals surface area contributed by atoms with E-state index in [9.17, 15) is 9.90 Å². The van der Waals surface area contributed by atoms with E-state index >= 15 is 0 Å². The summed E-state index contributed by atoms with van der Waals surface area (Å²) in [6, 6.07) is 0. The molecule has 2 N–H and O–H groups in total. The highest BCUT2D eigenvalue weighted by atomic mass is 16.3. The Morgan fingerprint density at radius 3 is 2.37 bits per heavy atom. The standard InChI is InChI=1S/C15H29NO3/c1-3-4-5-6-7-8-9-10-11-15(19)16(2)12-14(18)13-17/h3,14,17-18H,1,4-13H2,2H3. The van der Waals surface area contributed by atoms with E-state index < -0.39 is 6.10 Å². The molecule has 0 aromatic carbocycles. The number of allylic oxidation sites excluding steroid dienone is 1. The first kappa shape index (κ1) is 18.1. The summed E-state index contributed by atoms with van der Waals surface area (Å²) in [5, 5.41) is 17.9. The van der Waals surface area contributed by atoms with Gasteiger partial charge in [-0.1, -0.05) is 31.8 Å². The summed E-state index contributed by atoms with van der Waals surface area (Å²) in [4.78, 5) is 13.2. The molecular formula is C15H29NO3. The highest BCUT2D eigenvalue weighted by Crippen LogP contribution is 2.09. The second-order valence-electron chi connectivity index (χ2n) is 5.06. The summed E-state index contributed by atoms with van der Waals surface area (Å²) < 4.78 is 0. The average Bonchev–Trinajstić information content (AvgIpc) is 2.41. The number of hydrogen-bond acceptors (Lipinski definition) is 3. The third kappa shape index (κ3) is 10.7. The summed E-state index contributed by atoms with van der Waals surface area (Å²) >= 11 is 0. The van der Waals surface area contributed by atoms with E-state index in [-0.39, 0.29) is 19.1 Å². The number of carbonyl (C=O) groups excluding carboxylic acids is 1. The molecule has 4 nitrogen and oxygen atoms in total. The van der Waals surface area contributed by atoms with Gasteiger partial charge in [-0.2, -0.15) is 0 Å². The Morgan fingerprint density at radius 2 is 1.79 bits per heavy atom. The van der Waals surface area contributed by atoms with Crippen LogP contribution in [0.1, 0.15) is 51.4 Å². The van der Waals surface area contributed by atoms with Crippen LogP contribution in [0.15, 0.2) is 12.7 Å². The lowest BCUT2D eigenvalue weighted by Crippen LogP contribution is -2.35. The largest absolute Gasteiger partial charge is 0.394 e. The molecule has 0 saturated carbocycles. The molecule has 0 aliphatic carbocycles. The molecular weight excluding hydrogens is 242 g/mol. The first-order valence-corrected chi connectivity index (χ1v) is 7.25. The molecule has 1 atom stereocenters. The molecule has 0 spiro atoms. The molecule has 0 rings (SSSR count). The summed E-state index contributed by atoms with van der Waals surface area (Å²) in [6.45, 7) is 3.60. The van der Waals surface area contributed by atoms with Gasteiger partial charge in [0.25, 0.3) is 0 Å². The van der Waals surface area contributed by atoms with Crippen molar-refractivity contribution in [2.45, 2.75) is 57.5 Å². The van der Waals surface area contributed by atoms with Crippen molar-refractivity contribution < 1.29 is 15.0 Å². The normalized spacial score (nSPS) is 12.2. The van der Waals surface area contributed by atoms with Crippen molar-refractivity contribution >= 4 is 5.91 Å². The number of hydrogen-bond donors (Lipinski definition) is 2. The van der Waals surface area contributed by atoms with E-state index in [0.29, 0.717) is 6.42 Å². The zero-order chi connectivity index (χ0) is 14.5. The van der Waals surface area contributed by atoms with Gasteiger partial charge in [-0.25, -0.2) is 0 Å². The zero-order valence-electron chi connectivity index (χ0n) is 12.2. The van der Waals surface area contributed by atoms with E-state index in [1.807, 2.05) is 6.08 Å². The first-order chi connectivity index (χ1) is 9.11. The Labute approximate surface area is 117 Å². The molecule has 0 aliphatic heterocycles. The molecule has 0 radical (unpaired) electrons. The number of likely N-dealkylation sites (N-methyl/N-ethyl adjacent to an activating group) is 1. The van der Waals surface area contributed by atoms with Gasteiger partial charge < -0.3 is 15.1 Å². The Balaban J connectivity index is 3.44. The van der Waals surface area contributed by atoms with Crippen molar-refractivity contribution in [2.75, 3.05) is 20.2 Å². The van der Waals surface area contributed by atoms with Crippen molar-refractivity contribution in [3.8, 4) is 0 Å². The van der Waals surface area contributed by atoms with Crippen LogP contribution in [0, 0.1) is 0 Å². The highest BCUT2D eigenvalue weighted by Gasteiger charge is 2.12. The zero-order valence-corrected chi connectivity index (χ0v) is 12.2. The first-order valence-electron chi connectivity index (χ1n) is 7.25. The van der Waals surface area contributed by atoms with E-state index in [1.165, 1.54) is 30.6 Å². The van der Waals surface area contributed by atoms with Crippen LogP contribution in [-0.4, -0.2) is 47.3 Å². The number of nitrogens with zero attached hydrogens (tertiary/aromatic N) is 1. The molecule has 0 aromatic rings. The topological polar surface area (TPSA) is 60.8 Å². The fraction of sp³-hybridized carbons (Fsp3) is 0.800. The predicted molar refractivity (Wildman–Crippen MR) is 77.9 cm³/mol. The van der Waals surface area contributed by atoms with Crippen molar-refractivity contribution in [3.63, 3.8) is 0 Å². The van der Waals surface area contributed by atoms with Crippen LogP contribution in [-0.2, 0) is 4.79 Å². The smallest absolute Gasteiger partial charge is 0.222 e. The van der Waals surface area contributed by atoms with Gasteiger partial charge in [-0.15, -0.1) is 6.58 Å². The van der Waals surface area contributed by atoms with Crippen LogP contribution in [0.5, 0.6) is 0 Å². The van der Waals surface area contributed by atoms with Gasteiger partial charge in [0.05, 0.1) is 12.7 Å². The van der Waals surface area contributed by atoms with Gasteiger partial charge >= 0.3 is 0 Å². The molecule has 0 saturated heterocycles. The summed E-state index contributed by atoms with van der Waals surface area (Å²) in [5.41, 5.74) is 0. The summed E-state index contributed by atoms with van der Waals surface area (Å²) in [7, 11) is 1.66. The van der Waals surface area contributed by atoms with Crippen LogP contribution >= 0.6 is 0 Å². The number of amides is 1. The lowest BCUT2D eigenvalue weighted by atomic mass is 10.1. The average molecular weight is 271 g/mol. The summed E-state index contributed by atoms with van der Waals surface area (Å²) in [5.74, 6) is 0.0409. The van der Waals surface area contributed by atoms with Crippen molar-refractivity contribution in [2.24, 2.45) is 0 Å². The number of aliphatic hydroxyl groups excluding tert-OH is 2. The maximum Gasteiger partial charge on any atom is 0.222 e. The third-order valence-electron chi connectivity index (χ3n) is 3.17. The Bertz CT molecular complexity index is 244. The van der Waals surface area contributed by atoms with E-state index in [2.05, 4.69) is 6.58 Å². The van der Waals surface area contributed by atoms with Gasteiger partial charge in [0.15, 0.2) is 0 Å². The lowest BCUT2D eigenvalue weighted by Gasteiger charge is -2.19. The predicted octanol–water partition coefficient (Wildman–Crippen LogP) is 2.10. The highest BCUT2D eigenvalue weighted by molar-refractivity contribution is 5.75. The molecule has 1 amide bonds. The molecule has 0 fully saturated rings. The van der Waals surface area contributed by atoms with Crippen LogP contribution < -0.4 is 0 Å². The third-order valence-corrected chi connectivity index (χ3v) is 3.17. The van der Waals surface area contributed by atoms with Gasteiger partial charge in [0.2, 0.25) is 5.91 Å². The SMILES string of the molecule is C=CCCCCCCCCC(=O)N(C)CC(O)CO. The van der Waals surface area contributed by atoms with Crippen molar-refractivity contribution in [1.29, 1.82) is 0 Å². The fourth-order valence-corrected chi connectivity index (χ4v) is 1.94. The number of carbonyl (C=O) groups is 1. The molecule has 4 heteroatoms. The van der Waals surface area contributed by atoms with E-state index in [4.69, 9.17) is 5.11 Å². The monoisotopic (exact) mass is 271 g/mol. The van der Waals surface area contributed by atoms with Crippen LogP contribution in [0.3, 0.4) is 0 Å². The quantitative estimate of drug-likeness (QED) is 0.422. The van der Waals surface area contributed by atoms with Gasteiger partial charge in [-0.3, -0.25) is 4.79 Å². The minimum absolute atomic E-state index is 0.0409. The molecule has 0 bridgehead atoms. The Morgan fingerprint density at radius 1 is 1.21 bits per heavy atom. The maximum absolute atomic E-state index is 11.7. The Hall–Kier alpha value is -0.870. The van der Waals surface area contributed by atoms with Gasteiger partial charge in [0, 0.05) is 20.0 Å². The number of rotatable bonds is 12. The van der Waals surface area contributed by atoms with Crippen molar-refractivity contribution in [1.82, 2.24) is 4.90 Å². The Kier molecular flexibility index (Phi) is 11.6. The lowest BCUT2D eigenvalue weighted by molar-refractivity contribution is -0.131. The number of unbranched alkanes of at least 4 members (excludes halogenated alkanes) is 6. The van der Waals surface area contributed by atoms with Crippen LogP contribution in [0.4, 0.5) is 0 Å². The van der Waals surface area contributed by atoms with E-state index in [1.54, 1.807) is 7.05 Å². The van der Waals surface area contributed by atoms with Crippen LogP contribution in [0.25, 0.3) is 0 Å². The van der Waals surface area contributed by atoms with Crippen molar-refractivity contribution in [3.05, 3.63) is 12.7 Å². The molecule has 0 heterocycles. The second-order valence-corrected chi connectivity index (χ2v) is 5.06.